The summed E-state index contributed by atoms with van der Waals surface area (Å²) >= 11 is 1.69. The minimum atomic E-state index is -0.187. The van der Waals surface area contributed by atoms with Crippen molar-refractivity contribution < 1.29 is 13.9 Å². The van der Waals surface area contributed by atoms with Crippen LogP contribution in [0.25, 0.3) is 0 Å². The van der Waals surface area contributed by atoms with Gasteiger partial charge in [0.2, 0.25) is 0 Å². The van der Waals surface area contributed by atoms with Gasteiger partial charge in [-0.15, -0.1) is 11.3 Å². The van der Waals surface area contributed by atoms with Crippen LogP contribution in [0, 0.1) is 5.82 Å². The Balaban J connectivity index is 1.49. The average molecular weight is 454 g/mol. The molecule has 0 radical (unpaired) electrons. The molecule has 1 amide bonds. The number of carbonyl (C=O) groups is 1. The summed E-state index contributed by atoms with van der Waals surface area (Å²) in [5.74, 6) is 0.220. The van der Waals surface area contributed by atoms with Crippen molar-refractivity contribution in [1.29, 1.82) is 0 Å². The van der Waals surface area contributed by atoms with Crippen molar-refractivity contribution in [2.24, 2.45) is 0 Å². The van der Waals surface area contributed by atoms with Gasteiger partial charge in [0.15, 0.2) is 0 Å². The molecule has 1 aromatic heterocycles. The molecule has 32 heavy (non-hydrogen) atoms. The van der Waals surface area contributed by atoms with Gasteiger partial charge in [0, 0.05) is 37.1 Å². The van der Waals surface area contributed by atoms with Gasteiger partial charge >= 0.3 is 0 Å². The Morgan fingerprint density at radius 3 is 2.44 bits per heavy atom. The second kappa shape index (κ2) is 10.1. The molecule has 1 aliphatic heterocycles. The van der Waals surface area contributed by atoms with Crippen molar-refractivity contribution in [2.45, 2.75) is 19.0 Å². The number of methoxy groups -OCH3 is 1. The summed E-state index contributed by atoms with van der Waals surface area (Å²) in [6.07, 6.45) is 0. The molecule has 2 atom stereocenters. The number of piperazine rings is 1. The van der Waals surface area contributed by atoms with Gasteiger partial charge < -0.3 is 15.0 Å². The Kier molecular flexibility index (Phi) is 7.07. The number of hydrogen-bond acceptors (Lipinski definition) is 5. The Morgan fingerprint density at radius 2 is 1.75 bits per heavy atom. The lowest BCUT2D eigenvalue weighted by Gasteiger charge is -2.42. The van der Waals surface area contributed by atoms with Crippen LogP contribution >= 0.6 is 11.3 Å². The molecule has 0 bridgehead atoms. The Labute approximate surface area is 192 Å². The first-order valence-corrected chi connectivity index (χ1v) is 11.7. The maximum Gasteiger partial charge on any atom is 0.255 e. The van der Waals surface area contributed by atoms with E-state index in [1.807, 2.05) is 37.3 Å². The summed E-state index contributed by atoms with van der Waals surface area (Å²) in [7, 11) is 1.57. The van der Waals surface area contributed by atoms with Gasteiger partial charge in [-0.25, -0.2) is 4.39 Å². The summed E-state index contributed by atoms with van der Waals surface area (Å²) < 4.78 is 19.6. The first-order valence-electron chi connectivity index (χ1n) is 10.8. The van der Waals surface area contributed by atoms with Crippen molar-refractivity contribution in [1.82, 2.24) is 10.2 Å². The van der Waals surface area contributed by atoms with Gasteiger partial charge in [0.05, 0.1) is 24.4 Å². The quantitative estimate of drug-likeness (QED) is 0.569. The van der Waals surface area contributed by atoms with Gasteiger partial charge in [-0.3, -0.25) is 9.69 Å². The minimum Gasteiger partial charge on any atom is -0.496 e. The van der Waals surface area contributed by atoms with Crippen LogP contribution in [0.5, 0.6) is 5.75 Å². The molecular formula is C25H28FN3O2S. The third kappa shape index (κ3) is 4.79. The van der Waals surface area contributed by atoms with E-state index in [1.165, 1.54) is 10.9 Å². The fourth-order valence-electron chi connectivity index (χ4n) is 4.35. The van der Waals surface area contributed by atoms with E-state index in [-0.39, 0.29) is 23.8 Å². The number of benzene rings is 2. The van der Waals surface area contributed by atoms with Gasteiger partial charge in [-0.1, -0.05) is 30.3 Å². The van der Waals surface area contributed by atoms with Crippen LogP contribution in [0.15, 0.2) is 66.0 Å². The zero-order chi connectivity index (χ0) is 22.5. The molecule has 0 unspecified atom stereocenters. The maximum absolute atomic E-state index is 14.2. The lowest BCUT2D eigenvalue weighted by molar-refractivity contribution is 0.0887. The fourth-order valence-corrected chi connectivity index (χ4v) is 5.31. The maximum atomic E-state index is 14.2. The van der Waals surface area contributed by atoms with E-state index in [0.29, 0.717) is 17.0 Å². The highest BCUT2D eigenvalue weighted by Gasteiger charge is 2.31. The number of carbonyl (C=O) groups excluding carboxylic acids is 1. The highest BCUT2D eigenvalue weighted by atomic mass is 32.1. The second-order valence-corrected chi connectivity index (χ2v) is 8.88. The summed E-state index contributed by atoms with van der Waals surface area (Å²) in [4.78, 5) is 18.7. The fraction of sp³-hybridized carbons (Fsp3) is 0.320. The number of amides is 1. The summed E-state index contributed by atoms with van der Waals surface area (Å²) in [5, 5.41) is 5.24. The smallest absolute Gasteiger partial charge is 0.255 e. The summed E-state index contributed by atoms with van der Waals surface area (Å²) in [6, 6.07) is 18.2. The normalized spacial score (nSPS) is 16.4. The van der Waals surface area contributed by atoms with E-state index >= 15 is 0 Å². The first kappa shape index (κ1) is 22.3. The number of thiophene rings is 1. The third-order valence-electron chi connectivity index (χ3n) is 5.92. The number of para-hydroxylation sites is 2. The van der Waals surface area contributed by atoms with Crippen LogP contribution in [-0.4, -0.2) is 50.1 Å². The topological polar surface area (TPSA) is 44.8 Å². The molecule has 1 fully saturated rings. The molecular weight excluding hydrogens is 425 g/mol. The lowest BCUT2D eigenvalue weighted by atomic mass is 10.0. The van der Waals surface area contributed by atoms with E-state index in [2.05, 4.69) is 26.6 Å². The molecule has 1 N–H and O–H groups in total. The average Bonchev–Trinajstić information content (AvgIpc) is 3.34. The highest BCUT2D eigenvalue weighted by Crippen LogP contribution is 2.31. The Bertz CT molecular complexity index is 1040. The van der Waals surface area contributed by atoms with Crippen molar-refractivity contribution in [3.05, 3.63) is 82.3 Å². The number of halogens is 1. The number of rotatable bonds is 7. The molecule has 1 saturated heterocycles. The molecule has 1 aliphatic rings. The summed E-state index contributed by atoms with van der Waals surface area (Å²) in [5.41, 5.74) is 1.17. The van der Waals surface area contributed by atoms with Gasteiger partial charge in [-0.05, 0) is 42.6 Å². The third-order valence-corrected chi connectivity index (χ3v) is 6.86. The molecule has 0 spiro atoms. The zero-order valence-corrected chi connectivity index (χ0v) is 19.1. The zero-order valence-electron chi connectivity index (χ0n) is 18.3. The van der Waals surface area contributed by atoms with Gasteiger partial charge in [0.1, 0.15) is 11.6 Å². The van der Waals surface area contributed by atoms with Crippen molar-refractivity contribution in [3.8, 4) is 5.75 Å². The van der Waals surface area contributed by atoms with Crippen LogP contribution in [0.2, 0.25) is 0 Å². The number of hydrogen-bond donors (Lipinski definition) is 1. The van der Waals surface area contributed by atoms with E-state index in [9.17, 15) is 9.18 Å². The Morgan fingerprint density at radius 1 is 1.03 bits per heavy atom. The SMILES string of the molecule is COc1ccccc1C(=O)N[C@H](C)[C@H](c1cccs1)N1CCN(c2ccccc2F)CC1. The number of nitrogens with one attached hydrogen (secondary N) is 1. The van der Waals surface area contributed by atoms with E-state index in [4.69, 9.17) is 4.74 Å². The standard InChI is InChI=1S/C25H28FN3O2S/c1-18(27-25(30)19-8-3-6-11-22(19)31-2)24(23-12-7-17-32-23)29-15-13-28(14-16-29)21-10-5-4-9-20(21)26/h3-12,17-18,24H,13-16H2,1-2H3,(H,27,30)/t18-,24-/m1/s1. The van der Waals surface area contributed by atoms with E-state index in [0.717, 1.165) is 26.2 Å². The van der Waals surface area contributed by atoms with Gasteiger partial charge in [-0.2, -0.15) is 0 Å². The number of anilines is 1. The number of ether oxygens (including phenoxy) is 1. The molecule has 2 heterocycles. The first-order chi connectivity index (χ1) is 15.6. The van der Waals surface area contributed by atoms with E-state index in [1.54, 1.807) is 36.6 Å². The molecule has 2 aromatic carbocycles. The van der Waals surface area contributed by atoms with E-state index < -0.39 is 0 Å². The van der Waals surface area contributed by atoms with Crippen LogP contribution in [-0.2, 0) is 0 Å². The van der Waals surface area contributed by atoms with Crippen molar-refractivity contribution in [2.75, 3.05) is 38.2 Å². The predicted octanol–water partition coefficient (Wildman–Crippen LogP) is 4.58. The molecule has 4 rings (SSSR count). The molecule has 0 saturated carbocycles. The Hall–Kier alpha value is -2.90. The molecule has 168 valence electrons. The second-order valence-electron chi connectivity index (χ2n) is 7.90. The lowest BCUT2D eigenvalue weighted by Crippen LogP contribution is -2.52. The van der Waals surface area contributed by atoms with Crippen LogP contribution in [0.4, 0.5) is 10.1 Å². The van der Waals surface area contributed by atoms with Crippen molar-refractivity contribution in [3.63, 3.8) is 0 Å². The minimum absolute atomic E-state index is 0.0384. The molecule has 7 heteroatoms. The van der Waals surface area contributed by atoms with Crippen molar-refractivity contribution >= 4 is 22.9 Å². The number of nitrogens with zero attached hydrogens (tertiary/aromatic N) is 2. The molecule has 3 aromatic rings. The largest absolute Gasteiger partial charge is 0.496 e. The highest BCUT2D eigenvalue weighted by molar-refractivity contribution is 7.10. The van der Waals surface area contributed by atoms with Gasteiger partial charge in [0.25, 0.3) is 5.91 Å². The van der Waals surface area contributed by atoms with Crippen LogP contribution < -0.4 is 15.0 Å². The van der Waals surface area contributed by atoms with Crippen LogP contribution in [0.3, 0.4) is 0 Å². The predicted molar refractivity (Wildman–Crippen MR) is 127 cm³/mol. The van der Waals surface area contributed by atoms with Crippen LogP contribution in [0.1, 0.15) is 28.2 Å². The monoisotopic (exact) mass is 453 g/mol. The molecule has 0 aliphatic carbocycles. The molecule has 5 nitrogen and oxygen atoms in total. The summed E-state index contributed by atoms with van der Waals surface area (Å²) in [6.45, 7) is 5.07.